The summed E-state index contributed by atoms with van der Waals surface area (Å²) in [4.78, 5) is 6.20. The van der Waals surface area contributed by atoms with E-state index in [1.54, 1.807) is 0 Å². The molecule has 2 heteroatoms. The van der Waals surface area contributed by atoms with Crippen LogP contribution in [0.25, 0.3) is 4.85 Å². The predicted molar refractivity (Wildman–Crippen MR) is 70.6 cm³/mol. The molecule has 0 N–H and O–H groups in total. The van der Waals surface area contributed by atoms with Gasteiger partial charge in [-0.3, -0.25) is 4.90 Å². The van der Waals surface area contributed by atoms with Crippen molar-refractivity contribution in [2.45, 2.75) is 44.8 Å². The Morgan fingerprint density at radius 3 is 2.82 bits per heavy atom. The molecule has 0 saturated carbocycles. The minimum atomic E-state index is 0.124. The lowest BCUT2D eigenvalue weighted by molar-refractivity contribution is 0.131. The molecular formula is C15H20N2. The second-order valence-corrected chi connectivity index (χ2v) is 4.89. The third kappa shape index (κ3) is 3.08. The van der Waals surface area contributed by atoms with Crippen LogP contribution in [0.3, 0.4) is 0 Å². The zero-order valence-corrected chi connectivity index (χ0v) is 10.5. The molecule has 1 aromatic rings. The lowest BCUT2D eigenvalue weighted by Crippen LogP contribution is -2.44. The summed E-state index contributed by atoms with van der Waals surface area (Å²) in [5, 5.41) is 0. The highest BCUT2D eigenvalue weighted by atomic mass is 15.2. The van der Waals surface area contributed by atoms with Gasteiger partial charge in [0.25, 0.3) is 0 Å². The van der Waals surface area contributed by atoms with Gasteiger partial charge in [-0.15, -0.1) is 0 Å². The second-order valence-electron chi connectivity index (χ2n) is 4.89. The van der Waals surface area contributed by atoms with Crippen molar-refractivity contribution in [1.82, 2.24) is 4.90 Å². The molecule has 2 nitrogen and oxygen atoms in total. The van der Waals surface area contributed by atoms with Crippen molar-refractivity contribution in [3.05, 3.63) is 47.3 Å². The third-order valence-corrected chi connectivity index (χ3v) is 3.65. The molecule has 1 aromatic carbocycles. The number of hydrogen-bond acceptors (Lipinski definition) is 1. The van der Waals surface area contributed by atoms with Crippen molar-refractivity contribution >= 4 is 0 Å². The molecule has 1 aliphatic rings. The van der Waals surface area contributed by atoms with Gasteiger partial charge in [-0.05, 0) is 24.9 Å². The molecule has 17 heavy (non-hydrogen) atoms. The maximum Gasteiger partial charge on any atom is 0.236 e. The Morgan fingerprint density at radius 1 is 1.35 bits per heavy atom. The van der Waals surface area contributed by atoms with E-state index in [0.29, 0.717) is 6.04 Å². The fourth-order valence-corrected chi connectivity index (χ4v) is 2.66. The molecule has 90 valence electrons. The Balaban J connectivity index is 2.05. The van der Waals surface area contributed by atoms with E-state index in [0.717, 1.165) is 13.1 Å². The van der Waals surface area contributed by atoms with Crippen molar-refractivity contribution in [2.24, 2.45) is 0 Å². The van der Waals surface area contributed by atoms with Crippen LogP contribution in [0, 0.1) is 6.57 Å². The Labute approximate surface area is 104 Å². The van der Waals surface area contributed by atoms with Gasteiger partial charge >= 0.3 is 0 Å². The molecule has 2 atom stereocenters. The van der Waals surface area contributed by atoms with Crippen LogP contribution in [-0.4, -0.2) is 23.5 Å². The number of nitrogens with zero attached hydrogens (tertiary/aromatic N) is 2. The highest BCUT2D eigenvalue weighted by Crippen LogP contribution is 2.23. The molecule has 1 fully saturated rings. The van der Waals surface area contributed by atoms with Gasteiger partial charge in [0, 0.05) is 13.5 Å². The van der Waals surface area contributed by atoms with E-state index in [9.17, 15) is 0 Å². The van der Waals surface area contributed by atoms with Crippen LogP contribution < -0.4 is 0 Å². The monoisotopic (exact) mass is 228 g/mol. The fourth-order valence-electron chi connectivity index (χ4n) is 2.66. The molecule has 1 aliphatic heterocycles. The van der Waals surface area contributed by atoms with Crippen LogP contribution in [0.4, 0.5) is 0 Å². The zero-order chi connectivity index (χ0) is 12.1. The van der Waals surface area contributed by atoms with E-state index in [4.69, 9.17) is 6.57 Å². The molecule has 1 saturated heterocycles. The molecule has 1 heterocycles. The van der Waals surface area contributed by atoms with Crippen molar-refractivity contribution in [3.8, 4) is 0 Å². The van der Waals surface area contributed by atoms with E-state index in [1.807, 2.05) is 0 Å². The third-order valence-electron chi connectivity index (χ3n) is 3.65. The molecule has 0 spiro atoms. The SMILES string of the molecule is [C-]#[N+]C(C)C1CCCCN1Cc1ccccc1. The van der Waals surface area contributed by atoms with E-state index < -0.39 is 0 Å². The summed E-state index contributed by atoms with van der Waals surface area (Å²) in [6.45, 7) is 11.4. The maximum absolute atomic E-state index is 7.21. The molecule has 0 radical (unpaired) electrons. The Bertz CT molecular complexity index is 380. The van der Waals surface area contributed by atoms with Gasteiger partial charge in [0.1, 0.15) is 0 Å². The first kappa shape index (κ1) is 12.1. The molecule has 2 unspecified atom stereocenters. The summed E-state index contributed by atoms with van der Waals surface area (Å²) in [6, 6.07) is 11.2. The van der Waals surface area contributed by atoms with Crippen LogP contribution in [0.1, 0.15) is 31.7 Å². The van der Waals surface area contributed by atoms with E-state index in [1.165, 1.54) is 24.8 Å². The summed E-state index contributed by atoms with van der Waals surface area (Å²) in [5.74, 6) is 0. The number of rotatable bonds is 3. The smallest absolute Gasteiger partial charge is 0.236 e. The van der Waals surface area contributed by atoms with Crippen molar-refractivity contribution < 1.29 is 0 Å². The second kappa shape index (κ2) is 5.84. The number of likely N-dealkylation sites (tertiary alicyclic amines) is 1. The fraction of sp³-hybridized carbons (Fsp3) is 0.533. The number of piperidine rings is 1. The average Bonchev–Trinajstić information content (AvgIpc) is 2.40. The van der Waals surface area contributed by atoms with Crippen LogP contribution in [0.2, 0.25) is 0 Å². The summed E-state index contributed by atoms with van der Waals surface area (Å²) < 4.78 is 0. The molecule has 0 bridgehead atoms. The minimum absolute atomic E-state index is 0.124. The standard InChI is InChI=1S/C15H20N2/c1-13(16-2)15-10-6-7-11-17(15)12-14-8-4-3-5-9-14/h3-5,8-9,13,15H,6-7,10-12H2,1H3. The van der Waals surface area contributed by atoms with Crippen LogP contribution >= 0.6 is 0 Å². The molecule has 2 rings (SSSR count). The van der Waals surface area contributed by atoms with Crippen LogP contribution in [0.5, 0.6) is 0 Å². The van der Waals surface area contributed by atoms with Gasteiger partial charge in [0.05, 0.1) is 6.04 Å². The first-order valence-electron chi connectivity index (χ1n) is 6.46. The normalized spacial score (nSPS) is 22.9. The minimum Gasteiger partial charge on any atom is -0.312 e. The lowest BCUT2D eigenvalue weighted by Gasteiger charge is -2.35. The molecule has 0 aliphatic carbocycles. The van der Waals surface area contributed by atoms with Gasteiger partial charge in [0.2, 0.25) is 6.04 Å². The van der Waals surface area contributed by atoms with Gasteiger partial charge in [-0.2, -0.15) is 0 Å². The Morgan fingerprint density at radius 2 is 2.12 bits per heavy atom. The van der Waals surface area contributed by atoms with E-state index >= 15 is 0 Å². The molecular weight excluding hydrogens is 208 g/mol. The Kier molecular flexibility index (Phi) is 4.17. The lowest BCUT2D eigenvalue weighted by atomic mass is 9.96. The first-order valence-corrected chi connectivity index (χ1v) is 6.46. The topological polar surface area (TPSA) is 7.60 Å². The van der Waals surface area contributed by atoms with Crippen LogP contribution in [0.15, 0.2) is 30.3 Å². The molecule has 0 aromatic heterocycles. The zero-order valence-electron chi connectivity index (χ0n) is 10.5. The van der Waals surface area contributed by atoms with E-state index in [2.05, 4.69) is 47.0 Å². The highest BCUT2D eigenvalue weighted by molar-refractivity contribution is 5.15. The van der Waals surface area contributed by atoms with Gasteiger partial charge in [-0.25, -0.2) is 6.57 Å². The summed E-state index contributed by atoms with van der Waals surface area (Å²) >= 11 is 0. The van der Waals surface area contributed by atoms with Crippen LogP contribution in [-0.2, 0) is 6.54 Å². The van der Waals surface area contributed by atoms with Gasteiger partial charge in [-0.1, -0.05) is 36.8 Å². The number of benzene rings is 1. The highest BCUT2D eigenvalue weighted by Gasteiger charge is 2.30. The predicted octanol–water partition coefficient (Wildman–Crippen LogP) is 3.35. The van der Waals surface area contributed by atoms with Crippen molar-refractivity contribution in [3.63, 3.8) is 0 Å². The summed E-state index contributed by atoms with van der Waals surface area (Å²) in [5.41, 5.74) is 1.36. The maximum atomic E-state index is 7.21. The van der Waals surface area contributed by atoms with Crippen molar-refractivity contribution in [2.75, 3.05) is 6.54 Å². The Hall–Kier alpha value is -1.33. The quantitative estimate of drug-likeness (QED) is 0.720. The summed E-state index contributed by atoms with van der Waals surface area (Å²) in [7, 11) is 0. The summed E-state index contributed by atoms with van der Waals surface area (Å²) in [6.07, 6.45) is 3.72. The largest absolute Gasteiger partial charge is 0.312 e. The molecule has 0 amide bonds. The van der Waals surface area contributed by atoms with Gasteiger partial charge < -0.3 is 4.85 Å². The first-order chi connectivity index (χ1) is 8.31. The number of hydrogen-bond donors (Lipinski definition) is 0. The van der Waals surface area contributed by atoms with Crippen molar-refractivity contribution in [1.29, 1.82) is 0 Å². The van der Waals surface area contributed by atoms with E-state index in [-0.39, 0.29) is 6.04 Å². The van der Waals surface area contributed by atoms with Gasteiger partial charge in [0.15, 0.2) is 0 Å². The average molecular weight is 228 g/mol.